The van der Waals surface area contributed by atoms with Gasteiger partial charge in [0.1, 0.15) is 0 Å². The number of rotatable bonds is 3. The van der Waals surface area contributed by atoms with Crippen LogP contribution < -0.4 is 5.73 Å². The Hall–Kier alpha value is -1.13. The molecule has 2 rings (SSSR count). The maximum Gasteiger partial charge on any atom is 0.0964 e. The molecule has 74 valence electrons. The minimum Gasteiger partial charge on any atom is -0.330 e. The van der Waals surface area contributed by atoms with Gasteiger partial charge < -0.3 is 5.73 Å². The van der Waals surface area contributed by atoms with Gasteiger partial charge in [-0.3, -0.25) is 5.10 Å². The van der Waals surface area contributed by atoms with Gasteiger partial charge in [-0.1, -0.05) is 0 Å². The van der Waals surface area contributed by atoms with Crippen molar-refractivity contribution in [3.63, 3.8) is 0 Å². The van der Waals surface area contributed by atoms with Gasteiger partial charge >= 0.3 is 0 Å². The fraction of sp³-hybridized carbons (Fsp3) is 0.300. The molecule has 3 N–H and O–H groups in total. The van der Waals surface area contributed by atoms with Crippen molar-refractivity contribution in [1.29, 1.82) is 0 Å². The SMILES string of the molecule is Cc1[nH]nc(-c2ccsc2)c1CCN. The van der Waals surface area contributed by atoms with Crippen LogP contribution in [0.25, 0.3) is 11.3 Å². The number of hydrogen-bond donors (Lipinski definition) is 2. The highest BCUT2D eigenvalue weighted by Gasteiger charge is 2.11. The lowest BCUT2D eigenvalue weighted by atomic mass is 10.1. The fourth-order valence-corrected chi connectivity index (χ4v) is 2.18. The first-order valence-corrected chi connectivity index (χ1v) is 5.53. The molecule has 0 radical (unpaired) electrons. The smallest absolute Gasteiger partial charge is 0.0964 e. The van der Waals surface area contributed by atoms with Crippen molar-refractivity contribution in [2.75, 3.05) is 6.54 Å². The van der Waals surface area contributed by atoms with Crippen molar-refractivity contribution in [3.8, 4) is 11.3 Å². The van der Waals surface area contributed by atoms with E-state index in [4.69, 9.17) is 5.73 Å². The number of thiophene rings is 1. The minimum atomic E-state index is 0.664. The molecule has 0 atom stereocenters. The second-order valence-electron chi connectivity index (χ2n) is 3.23. The monoisotopic (exact) mass is 207 g/mol. The van der Waals surface area contributed by atoms with Gasteiger partial charge in [-0.05, 0) is 31.3 Å². The van der Waals surface area contributed by atoms with Crippen LogP contribution in [0.1, 0.15) is 11.3 Å². The Morgan fingerprint density at radius 2 is 2.43 bits per heavy atom. The van der Waals surface area contributed by atoms with Crippen LogP contribution in [0.2, 0.25) is 0 Å². The molecule has 0 saturated carbocycles. The largest absolute Gasteiger partial charge is 0.330 e. The molecule has 4 heteroatoms. The molecule has 0 aromatic carbocycles. The topological polar surface area (TPSA) is 54.7 Å². The van der Waals surface area contributed by atoms with Gasteiger partial charge in [-0.25, -0.2) is 0 Å². The fourth-order valence-electron chi connectivity index (χ4n) is 1.54. The van der Waals surface area contributed by atoms with E-state index in [9.17, 15) is 0 Å². The van der Waals surface area contributed by atoms with E-state index in [1.54, 1.807) is 11.3 Å². The van der Waals surface area contributed by atoms with Gasteiger partial charge in [0.25, 0.3) is 0 Å². The lowest BCUT2D eigenvalue weighted by molar-refractivity contribution is 0.957. The Morgan fingerprint density at radius 3 is 3.07 bits per heavy atom. The summed E-state index contributed by atoms with van der Waals surface area (Å²) in [7, 11) is 0. The zero-order valence-electron chi connectivity index (χ0n) is 8.08. The highest BCUT2D eigenvalue weighted by molar-refractivity contribution is 7.08. The number of aryl methyl sites for hydroxylation is 1. The Kier molecular flexibility index (Phi) is 2.65. The molecule has 0 saturated heterocycles. The van der Waals surface area contributed by atoms with Gasteiger partial charge in [-0.2, -0.15) is 16.4 Å². The molecule has 14 heavy (non-hydrogen) atoms. The van der Waals surface area contributed by atoms with E-state index in [1.165, 1.54) is 11.1 Å². The quantitative estimate of drug-likeness (QED) is 0.808. The first-order valence-electron chi connectivity index (χ1n) is 4.59. The number of aromatic nitrogens is 2. The van der Waals surface area contributed by atoms with Crippen LogP contribution in [-0.2, 0) is 6.42 Å². The van der Waals surface area contributed by atoms with Crippen LogP contribution in [0, 0.1) is 6.92 Å². The second-order valence-corrected chi connectivity index (χ2v) is 4.01. The summed E-state index contributed by atoms with van der Waals surface area (Å²) in [4.78, 5) is 0. The number of nitrogens with zero attached hydrogens (tertiary/aromatic N) is 1. The van der Waals surface area contributed by atoms with E-state index in [1.807, 2.05) is 6.92 Å². The van der Waals surface area contributed by atoms with Crippen molar-refractivity contribution in [2.24, 2.45) is 5.73 Å². The standard InChI is InChI=1S/C10H13N3S/c1-7-9(2-4-11)10(13-12-7)8-3-5-14-6-8/h3,5-6H,2,4,11H2,1H3,(H,12,13). The van der Waals surface area contributed by atoms with Gasteiger partial charge in [-0.15, -0.1) is 0 Å². The van der Waals surface area contributed by atoms with Crippen LogP contribution in [0.5, 0.6) is 0 Å². The number of nitrogens with one attached hydrogen (secondary N) is 1. The summed E-state index contributed by atoms with van der Waals surface area (Å²) in [6, 6.07) is 2.08. The van der Waals surface area contributed by atoms with Crippen LogP contribution in [0.15, 0.2) is 16.8 Å². The van der Waals surface area contributed by atoms with Crippen LogP contribution in [0.3, 0.4) is 0 Å². The Morgan fingerprint density at radius 1 is 1.57 bits per heavy atom. The van der Waals surface area contributed by atoms with E-state index in [-0.39, 0.29) is 0 Å². The minimum absolute atomic E-state index is 0.664. The molecular weight excluding hydrogens is 194 g/mol. The number of H-pyrrole nitrogens is 1. The normalized spacial score (nSPS) is 10.7. The summed E-state index contributed by atoms with van der Waals surface area (Å²) in [6.45, 7) is 2.70. The van der Waals surface area contributed by atoms with Crippen molar-refractivity contribution in [3.05, 3.63) is 28.1 Å². The Balaban J connectivity index is 2.43. The van der Waals surface area contributed by atoms with E-state index in [0.717, 1.165) is 17.8 Å². The van der Waals surface area contributed by atoms with Crippen LogP contribution in [0.4, 0.5) is 0 Å². The average molecular weight is 207 g/mol. The molecule has 3 nitrogen and oxygen atoms in total. The van der Waals surface area contributed by atoms with Crippen molar-refractivity contribution in [1.82, 2.24) is 10.2 Å². The predicted molar refractivity (Wildman–Crippen MR) is 59.4 cm³/mol. The lowest BCUT2D eigenvalue weighted by Gasteiger charge is -1.99. The molecule has 2 heterocycles. The van der Waals surface area contributed by atoms with E-state index in [2.05, 4.69) is 27.0 Å². The average Bonchev–Trinajstić information content (AvgIpc) is 2.77. The van der Waals surface area contributed by atoms with Gasteiger partial charge in [0.05, 0.1) is 5.69 Å². The van der Waals surface area contributed by atoms with E-state index < -0.39 is 0 Å². The van der Waals surface area contributed by atoms with Crippen molar-refractivity contribution >= 4 is 11.3 Å². The van der Waals surface area contributed by atoms with Crippen LogP contribution in [-0.4, -0.2) is 16.7 Å². The third kappa shape index (κ3) is 1.58. The molecular formula is C10H13N3S. The zero-order valence-corrected chi connectivity index (χ0v) is 8.90. The van der Waals surface area contributed by atoms with Crippen LogP contribution >= 0.6 is 11.3 Å². The summed E-state index contributed by atoms with van der Waals surface area (Å²) >= 11 is 1.69. The van der Waals surface area contributed by atoms with Crippen molar-refractivity contribution < 1.29 is 0 Å². The summed E-state index contributed by atoms with van der Waals surface area (Å²) in [5.74, 6) is 0. The predicted octanol–water partition coefficient (Wildman–Crippen LogP) is 1.95. The maximum atomic E-state index is 5.57. The van der Waals surface area contributed by atoms with Gasteiger partial charge in [0.2, 0.25) is 0 Å². The highest BCUT2D eigenvalue weighted by atomic mass is 32.1. The summed E-state index contributed by atoms with van der Waals surface area (Å²) in [5.41, 5.74) is 10.2. The number of aromatic amines is 1. The molecule has 0 unspecified atom stereocenters. The van der Waals surface area contributed by atoms with Crippen molar-refractivity contribution in [2.45, 2.75) is 13.3 Å². The third-order valence-electron chi connectivity index (χ3n) is 2.26. The summed E-state index contributed by atoms with van der Waals surface area (Å²) in [5, 5.41) is 11.5. The highest BCUT2D eigenvalue weighted by Crippen LogP contribution is 2.25. The summed E-state index contributed by atoms with van der Waals surface area (Å²) in [6.07, 6.45) is 0.882. The molecule has 0 spiro atoms. The Labute approximate surface area is 87.0 Å². The second kappa shape index (κ2) is 3.94. The zero-order chi connectivity index (χ0) is 9.97. The molecule has 0 aliphatic heterocycles. The molecule has 0 aliphatic carbocycles. The molecule has 0 aliphatic rings. The maximum absolute atomic E-state index is 5.57. The Bertz CT molecular complexity index is 403. The lowest BCUT2D eigenvalue weighted by Crippen LogP contribution is -2.03. The van der Waals surface area contributed by atoms with E-state index in [0.29, 0.717) is 6.54 Å². The van der Waals surface area contributed by atoms with Gasteiger partial charge in [0, 0.05) is 22.2 Å². The van der Waals surface area contributed by atoms with Gasteiger partial charge in [0.15, 0.2) is 0 Å². The summed E-state index contributed by atoms with van der Waals surface area (Å²) < 4.78 is 0. The third-order valence-corrected chi connectivity index (χ3v) is 2.95. The van der Waals surface area contributed by atoms with E-state index >= 15 is 0 Å². The molecule has 0 fully saturated rings. The molecule has 2 aromatic heterocycles. The first kappa shape index (κ1) is 9.43. The molecule has 2 aromatic rings. The first-order chi connectivity index (χ1) is 6.83. The molecule has 0 bridgehead atoms. The number of nitrogens with two attached hydrogens (primary N) is 1. The molecule has 0 amide bonds. The number of hydrogen-bond acceptors (Lipinski definition) is 3.